The Kier molecular flexibility index (Phi) is 5.16. The first-order valence-electron chi connectivity index (χ1n) is 7.90. The van der Waals surface area contributed by atoms with E-state index in [2.05, 4.69) is 10.3 Å². The van der Waals surface area contributed by atoms with Crippen LogP contribution in [0.15, 0.2) is 24.5 Å². The second kappa shape index (κ2) is 6.90. The molecule has 0 unspecified atom stereocenters. The zero-order valence-corrected chi connectivity index (χ0v) is 13.2. The molecule has 1 amide bonds. The van der Waals surface area contributed by atoms with Crippen molar-refractivity contribution in [2.75, 3.05) is 0 Å². The Labute approximate surface area is 131 Å². The molecule has 1 atom stereocenters. The van der Waals surface area contributed by atoms with Crippen LogP contribution in [-0.4, -0.2) is 28.0 Å². The number of carboxylic acids is 1. The van der Waals surface area contributed by atoms with Crippen LogP contribution in [0, 0.1) is 5.92 Å². The Morgan fingerprint density at radius 3 is 2.55 bits per heavy atom. The van der Waals surface area contributed by atoms with E-state index in [1.54, 1.807) is 12.4 Å². The lowest BCUT2D eigenvalue weighted by atomic mass is 9.78. The normalized spacial score (nSPS) is 18.1. The van der Waals surface area contributed by atoms with Crippen LogP contribution in [0.4, 0.5) is 0 Å². The van der Waals surface area contributed by atoms with Gasteiger partial charge in [-0.3, -0.25) is 9.78 Å². The number of carbonyl (C=O) groups is 2. The minimum Gasteiger partial charge on any atom is -0.480 e. The van der Waals surface area contributed by atoms with E-state index < -0.39 is 17.4 Å². The number of rotatable bonds is 6. The van der Waals surface area contributed by atoms with Crippen LogP contribution in [0.25, 0.3) is 0 Å². The first-order valence-corrected chi connectivity index (χ1v) is 7.90. The van der Waals surface area contributed by atoms with E-state index in [0.29, 0.717) is 6.42 Å². The lowest BCUT2D eigenvalue weighted by molar-refractivity contribution is -0.143. The van der Waals surface area contributed by atoms with Gasteiger partial charge in [0.15, 0.2) is 0 Å². The number of aliphatic carboxylic acids is 1. The predicted octanol–water partition coefficient (Wildman–Crippen LogP) is 2.51. The average Bonchev–Trinajstić information content (AvgIpc) is 2.97. The molecular weight excluding hydrogens is 280 g/mol. The number of aromatic nitrogens is 1. The van der Waals surface area contributed by atoms with Crippen LogP contribution < -0.4 is 5.32 Å². The van der Waals surface area contributed by atoms with Gasteiger partial charge in [-0.05, 0) is 36.8 Å². The molecule has 0 spiro atoms. The van der Waals surface area contributed by atoms with Crippen LogP contribution in [-0.2, 0) is 15.0 Å². The third kappa shape index (κ3) is 3.46. The van der Waals surface area contributed by atoms with Crippen molar-refractivity contribution in [3.63, 3.8) is 0 Å². The van der Waals surface area contributed by atoms with E-state index in [1.807, 2.05) is 26.0 Å². The molecule has 2 rings (SSSR count). The van der Waals surface area contributed by atoms with Gasteiger partial charge in [0.25, 0.3) is 0 Å². The molecule has 1 fully saturated rings. The highest BCUT2D eigenvalue weighted by Crippen LogP contribution is 2.41. The van der Waals surface area contributed by atoms with Crippen molar-refractivity contribution in [2.45, 2.75) is 57.4 Å². The van der Waals surface area contributed by atoms with Gasteiger partial charge in [0.1, 0.15) is 6.04 Å². The molecule has 1 aromatic rings. The molecule has 2 N–H and O–H groups in total. The number of amides is 1. The Hall–Kier alpha value is -1.91. The smallest absolute Gasteiger partial charge is 0.326 e. The van der Waals surface area contributed by atoms with Crippen molar-refractivity contribution in [3.8, 4) is 0 Å². The summed E-state index contributed by atoms with van der Waals surface area (Å²) in [6.07, 6.45) is 7.29. The fourth-order valence-electron chi connectivity index (χ4n) is 3.26. The zero-order valence-electron chi connectivity index (χ0n) is 13.2. The summed E-state index contributed by atoms with van der Waals surface area (Å²) in [6, 6.07) is 2.91. The summed E-state index contributed by atoms with van der Waals surface area (Å²) < 4.78 is 0. The Morgan fingerprint density at radius 1 is 1.36 bits per heavy atom. The Balaban J connectivity index is 2.22. The quantitative estimate of drug-likeness (QED) is 0.846. The van der Waals surface area contributed by atoms with Crippen molar-refractivity contribution in [1.82, 2.24) is 10.3 Å². The highest BCUT2D eigenvalue weighted by Gasteiger charge is 2.44. The van der Waals surface area contributed by atoms with Gasteiger partial charge in [-0.2, -0.15) is 0 Å². The highest BCUT2D eigenvalue weighted by atomic mass is 16.4. The summed E-state index contributed by atoms with van der Waals surface area (Å²) in [4.78, 5) is 28.4. The summed E-state index contributed by atoms with van der Waals surface area (Å²) in [6.45, 7) is 3.91. The third-order valence-electron chi connectivity index (χ3n) is 4.42. The maximum atomic E-state index is 12.9. The molecule has 1 saturated carbocycles. The maximum absolute atomic E-state index is 12.9. The fourth-order valence-corrected chi connectivity index (χ4v) is 3.26. The second-order valence-electron chi connectivity index (χ2n) is 6.52. The Bertz CT molecular complexity index is 522. The molecule has 0 aliphatic heterocycles. The monoisotopic (exact) mass is 304 g/mol. The van der Waals surface area contributed by atoms with Crippen LogP contribution in [0.2, 0.25) is 0 Å². The molecule has 22 heavy (non-hydrogen) atoms. The van der Waals surface area contributed by atoms with Gasteiger partial charge in [-0.25, -0.2) is 4.79 Å². The van der Waals surface area contributed by atoms with E-state index in [0.717, 1.165) is 31.2 Å². The molecule has 5 heteroatoms. The van der Waals surface area contributed by atoms with Crippen LogP contribution >= 0.6 is 0 Å². The standard InChI is InChI=1S/C17H24N2O3/c1-12(2)10-14(15(20)21)19-16(22)17(7-3-4-8-17)13-6-5-9-18-11-13/h5-6,9,11-12,14H,3-4,7-8,10H2,1-2H3,(H,19,22)(H,20,21)/t14-/m0/s1. The molecule has 0 bridgehead atoms. The van der Waals surface area contributed by atoms with Crippen molar-refractivity contribution in [3.05, 3.63) is 30.1 Å². The lowest BCUT2D eigenvalue weighted by Crippen LogP contribution is -2.50. The molecule has 0 radical (unpaired) electrons. The minimum atomic E-state index is -0.971. The molecule has 1 heterocycles. The third-order valence-corrected chi connectivity index (χ3v) is 4.42. The fraction of sp³-hybridized carbons (Fsp3) is 0.588. The Morgan fingerprint density at radius 2 is 2.05 bits per heavy atom. The first kappa shape index (κ1) is 16.5. The van der Waals surface area contributed by atoms with E-state index in [-0.39, 0.29) is 11.8 Å². The molecule has 0 aromatic carbocycles. The summed E-state index contributed by atoms with van der Waals surface area (Å²) >= 11 is 0. The predicted molar refractivity (Wildman–Crippen MR) is 83.4 cm³/mol. The van der Waals surface area contributed by atoms with Gasteiger partial charge in [-0.15, -0.1) is 0 Å². The van der Waals surface area contributed by atoms with Crippen molar-refractivity contribution in [2.24, 2.45) is 5.92 Å². The van der Waals surface area contributed by atoms with Gasteiger partial charge in [0.05, 0.1) is 5.41 Å². The number of hydrogen-bond acceptors (Lipinski definition) is 3. The summed E-state index contributed by atoms with van der Waals surface area (Å²) in [5.74, 6) is -0.938. The van der Waals surface area contributed by atoms with Crippen LogP contribution in [0.1, 0.15) is 51.5 Å². The van der Waals surface area contributed by atoms with Crippen LogP contribution in [0.3, 0.4) is 0 Å². The number of nitrogens with zero attached hydrogens (tertiary/aromatic N) is 1. The molecule has 120 valence electrons. The molecule has 5 nitrogen and oxygen atoms in total. The molecule has 1 aliphatic rings. The maximum Gasteiger partial charge on any atom is 0.326 e. The molecule has 1 aromatic heterocycles. The van der Waals surface area contributed by atoms with E-state index >= 15 is 0 Å². The number of carbonyl (C=O) groups excluding carboxylic acids is 1. The average molecular weight is 304 g/mol. The van der Waals surface area contributed by atoms with Gasteiger partial charge in [-0.1, -0.05) is 32.8 Å². The van der Waals surface area contributed by atoms with E-state index in [1.165, 1.54) is 0 Å². The zero-order chi connectivity index (χ0) is 16.2. The number of carboxylic acid groups (broad SMARTS) is 1. The molecule has 0 saturated heterocycles. The first-order chi connectivity index (χ1) is 10.5. The van der Waals surface area contributed by atoms with Gasteiger partial charge in [0.2, 0.25) is 5.91 Å². The summed E-state index contributed by atoms with van der Waals surface area (Å²) in [7, 11) is 0. The van der Waals surface area contributed by atoms with Gasteiger partial charge >= 0.3 is 5.97 Å². The summed E-state index contributed by atoms with van der Waals surface area (Å²) in [5.41, 5.74) is 0.262. The van der Waals surface area contributed by atoms with Gasteiger partial charge in [0, 0.05) is 12.4 Å². The molecule has 1 aliphatic carbocycles. The van der Waals surface area contributed by atoms with Crippen molar-refractivity contribution in [1.29, 1.82) is 0 Å². The highest BCUT2D eigenvalue weighted by molar-refractivity contribution is 5.91. The van der Waals surface area contributed by atoms with Crippen LogP contribution in [0.5, 0.6) is 0 Å². The van der Waals surface area contributed by atoms with Crippen molar-refractivity contribution >= 4 is 11.9 Å². The lowest BCUT2D eigenvalue weighted by Gasteiger charge is -2.30. The van der Waals surface area contributed by atoms with Gasteiger partial charge < -0.3 is 10.4 Å². The SMILES string of the molecule is CC(C)C[C@H](NC(=O)C1(c2cccnc2)CCCC1)C(=O)O. The second-order valence-corrected chi connectivity index (χ2v) is 6.52. The number of hydrogen-bond donors (Lipinski definition) is 2. The number of nitrogens with one attached hydrogen (secondary N) is 1. The number of pyridine rings is 1. The van der Waals surface area contributed by atoms with E-state index in [9.17, 15) is 14.7 Å². The topological polar surface area (TPSA) is 79.3 Å². The van der Waals surface area contributed by atoms with Crippen molar-refractivity contribution < 1.29 is 14.7 Å². The molecular formula is C17H24N2O3. The van der Waals surface area contributed by atoms with E-state index in [4.69, 9.17) is 0 Å². The summed E-state index contributed by atoms with van der Waals surface area (Å²) in [5, 5.41) is 12.1. The minimum absolute atomic E-state index is 0.175. The largest absolute Gasteiger partial charge is 0.480 e.